The van der Waals surface area contributed by atoms with Gasteiger partial charge in [-0.25, -0.2) is 0 Å². The number of nitrogens with zero attached hydrogens (tertiary/aromatic N) is 1. The van der Waals surface area contributed by atoms with Gasteiger partial charge in [0.1, 0.15) is 5.58 Å². The molecule has 0 unspecified atom stereocenters. The van der Waals surface area contributed by atoms with Crippen molar-refractivity contribution in [3.63, 3.8) is 0 Å². The van der Waals surface area contributed by atoms with Crippen LogP contribution in [0.2, 0.25) is 5.02 Å². The number of nitrogens with one attached hydrogen (secondary N) is 1. The molecule has 2 aromatic carbocycles. The number of hydrogen-bond acceptors (Lipinski definition) is 4. The normalized spacial score (nSPS) is 15.2. The minimum Gasteiger partial charge on any atom is -0.451 e. The van der Waals surface area contributed by atoms with E-state index in [0.29, 0.717) is 16.4 Å². The number of amides is 1. The zero-order valence-electron chi connectivity index (χ0n) is 15.1. The monoisotopic (exact) mass is 384 g/mol. The van der Waals surface area contributed by atoms with E-state index in [4.69, 9.17) is 20.8 Å². The molecule has 0 atom stereocenters. The van der Waals surface area contributed by atoms with Crippen LogP contribution in [-0.2, 0) is 11.3 Å². The van der Waals surface area contributed by atoms with Crippen molar-refractivity contribution in [3.05, 3.63) is 64.4 Å². The molecule has 1 aliphatic heterocycles. The average molecular weight is 385 g/mol. The lowest BCUT2D eigenvalue weighted by molar-refractivity contribution is 0.0342. The van der Waals surface area contributed by atoms with E-state index in [9.17, 15) is 4.79 Å². The lowest BCUT2D eigenvalue weighted by Crippen LogP contribution is -2.35. The van der Waals surface area contributed by atoms with Crippen LogP contribution in [0.5, 0.6) is 0 Å². The molecule has 1 amide bonds. The van der Waals surface area contributed by atoms with E-state index in [-0.39, 0.29) is 5.91 Å². The van der Waals surface area contributed by atoms with Gasteiger partial charge in [0.2, 0.25) is 0 Å². The lowest BCUT2D eigenvalue weighted by atomic mass is 10.1. The Morgan fingerprint density at radius 3 is 2.81 bits per heavy atom. The maximum atomic E-state index is 12.7. The summed E-state index contributed by atoms with van der Waals surface area (Å²) in [5.41, 5.74) is 3.35. The molecule has 4 rings (SSSR count). The lowest BCUT2D eigenvalue weighted by Gasteiger charge is -2.26. The van der Waals surface area contributed by atoms with Gasteiger partial charge >= 0.3 is 0 Å². The molecule has 0 bridgehead atoms. The average Bonchev–Trinajstić information content (AvgIpc) is 2.99. The molecule has 0 radical (unpaired) electrons. The van der Waals surface area contributed by atoms with Crippen LogP contribution in [0, 0.1) is 6.92 Å². The highest BCUT2D eigenvalue weighted by molar-refractivity contribution is 6.31. The summed E-state index contributed by atoms with van der Waals surface area (Å²) in [6.45, 7) is 6.10. The van der Waals surface area contributed by atoms with Crippen LogP contribution >= 0.6 is 11.6 Å². The van der Waals surface area contributed by atoms with Gasteiger partial charge in [-0.15, -0.1) is 0 Å². The number of morpholine rings is 1. The fourth-order valence-electron chi connectivity index (χ4n) is 3.36. The second kappa shape index (κ2) is 7.72. The molecule has 140 valence electrons. The van der Waals surface area contributed by atoms with Crippen molar-refractivity contribution in [2.45, 2.75) is 13.5 Å². The summed E-state index contributed by atoms with van der Waals surface area (Å²) in [5.74, 6) is 0.0502. The Hall–Kier alpha value is -2.34. The number of hydrogen-bond donors (Lipinski definition) is 1. The third kappa shape index (κ3) is 4.00. The summed E-state index contributed by atoms with van der Waals surface area (Å²) < 4.78 is 11.1. The van der Waals surface area contributed by atoms with Gasteiger partial charge in [0.05, 0.1) is 13.2 Å². The Morgan fingerprint density at radius 2 is 2.00 bits per heavy atom. The summed E-state index contributed by atoms with van der Waals surface area (Å²) in [6.07, 6.45) is 0. The van der Waals surface area contributed by atoms with Gasteiger partial charge in [-0.3, -0.25) is 9.69 Å². The van der Waals surface area contributed by atoms with Crippen molar-refractivity contribution in [1.29, 1.82) is 0 Å². The minimum atomic E-state index is -0.261. The Bertz CT molecular complexity index is 977. The summed E-state index contributed by atoms with van der Waals surface area (Å²) in [7, 11) is 0. The fourth-order valence-corrected chi connectivity index (χ4v) is 3.53. The molecule has 1 fully saturated rings. The molecule has 3 aromatic rings. The van der Waals surface area contributed by atoms with E-state index in [1.54, 1.807) is 12.1 Å². The van der Waals surface area contributed by atoms with Gasteiger partial charge in [0.15, 0.2) is 5.76 Å². The van der Waals surface area contributed by atoms with Gasteiger partial charge in [0, 0.05) is 41.3 Å². The molecular weight excluding hydrogens is 364 g/mol. The van der Waals surface area contributed by atoms with E-state index >= 15 is 0 Å². The number of anilines is 1. The number of furan rings is 1. The highest BCUT2D eigenvalue weighted by Gasteiger charge is 2.18. The van der Waals surface area contributed by atoms with Crippen LogP contribution in [0.15, 0.2) is 46.9 Å². The third-order valence-electron chi connectivity index (χ3n) is 4.80. The van der Waals surface area contributed by atoms with Crippen molar-refractivity contribution >= 4 is 34.2 Å². The number of aryl methyl sites for hydroxylation is 1. The summed E-state index contributed by atoms with van der Waals surface area (Å²) in [4.78, 5) is 15.1. The van der Waals surface area contributed by atoms with Gasteiger partial charge in [-0.05, 0) is 42.8 Å². The molecule has 1 aliphatic rings. The molecule has 5 nitrogen and oxygen atoms in total. The largest absolute Gasteiger partial charge is 0.451 e. The second-order valence-electron chi connectivity index (χ2n) is 6.74. The van der Waals surface area contributed by atoms with E-state index in [2.05, 4.69) is 16.3 Å². The SMILES string of the molecule is Cc1c(C(=O)Nc2cccc(CN3CCOCC3)c2)oc2ccc(Cl)cc12. The van der Waals surface area contributed by atoms with E-state index in [0.717, 1.165) is 55.0 Å². The smallest absolute Gasteiger partial charge is 0.291 e. The van der Waals surface area contributed by atoms with Crippen molar-refractivity contribution in [3.8, 4) is 0 Å². The van der Waals surface area contributed by atoms with Gasteiger partial charge < -0.3 is 14.5 Å². The van der Waals surface area contributed by atoms with Crippen LogP contribution in [-0.4, -0.2) is 37.1 Å². The van der Waals surface area contributed by atoms with Crippen molar-refractivity contribution in [2.75, 3.05) is 31.6 Å². The van der Waals surface area contributed by atoms with Gasteiger partial charge in [0.25, 0.3) is 5.91 Å². The topological polar surface area (TPSA) is 54.7 Å². The Balaban J connectivity index is 1.51. The maximum Gasteiger partial charge on any atom is 0.291 e. The maximum absolute atomic E-state index is 12.7. The van der Waals surface area contributed by atoms with Crippen molar-refractivity contribution < 1.29 is 13.9 Å². The number of fused-ring (bicyclic) bond motifs is 1. The van der Waals surface area contributed by atoms with Crippen LogP contribution < -0.4 is 5.32 Å². The summed E-state index contributed by atoms with van der Waals surface area (Å²) >= 11 is 6.05. The fraction of sp³-hybridized carbons (Fsp3) is 0.286. The molecule has 1 N–H and O–H groups in total. The van der Waals surface area contributed by atoms with Crippen molar-refractivity contribution in [2.24, 2.45) is 0 Å². The van der Waals surface area contributed by atoms with Gasteiger partial charge in [-0.2, -0.15) is 0 Å². The third-order valence-corrected chi connectivity index (χ3v) is 5.03. The molecular formula is C21H21ClN2O3. The molecule has 0 aliphatic carbocycles. The number of carbonyl (C=O) groups is 1. The van der Waals surface area contributed by atoms with Crippen LogP contribution in [0.25, 0.3) is 11.0 Å². The highest BCUT2D eigenvalue weighted by Crippen LogP contribution is 2.28. The standard InChI is InChI=1S/C21H21ClN2O3/c1-14-18-12-16(22)5-6-19(18)27-20(14)21(25)23-17-4-2-3-15(11-17)13-24-7-9-26-10-8-24/h2-6,11-12H,7-10,13H2,1H3,(H,23,25). The molecule has 1 aromatic heterocycles. The zero-order chi connectivity index (χ0) is 18.8. The van der Waals surface area contributed by atoms with Crippen molar-refractivity contribution in [1.82, 2.24) is 4.90 Å². The first-order chi connectivity index (χ1) is 13.1. The van der Waals surface area contributed by atoms with E-state index < -0.39 is 0 Å². The van der Waals surface area contributed by atoms with Gasteiger partial charge in [-0.1, -0.05) is 23.7 Å². The molecule has 1 saturated heterocycles. The first-order valence-corrected chi connectivity index (χ1v) is 9.37. The molecule has 0 spiro atoms. The molecule has 0 saturated carbocycles. The Labute approximate surface area is 162 Å². The number of rotatable bonds is 4. The second-order valence-corrected chi connectivity index (χ2v) is 7.18. The van der Waals surface area contributed by atoms with E-state index in [1.165, 1.54) is 0 Å². The predicted octanol–water partition coefficient (Wildman–Crippen LogP) is 4.48. The van der Waals surface area contributed by atoms with Crippen LogP contribution in [0.3, 0.4) is 0 Å². The first-order valence-electron chi connectivity index (χ1n) is 8.99. The van der Waals surface area contributed by atoms with Crippen LogP contribution in [0.4, 0.5) is 5.69 Å². The molecule has 27 heavy (non-hydrogen) atoms. The molecule has 6 heteroatoms. The highest BCUT2D eigenvalue weighted by atomic mass is 35.5. The summed E-state index contributed by atoms with van der Waals surface area (Å²) in [5, 5.41) is 4.42. The first kappa shape index (κ1) is 18.0. The summed E-state index contributed by atoms with van der Waals surface area (Å²) in [6, 6.07) is 13.3. The molecule has 2 heterocycles. The quantitative estimate of drug-likeness (QED) is 0.720. The number of halogens is 1. The Kier molecular flexibility index (Phi) is 5.16. The van der Waals surface area contributed by atoms with E-state index in [1.807, 2.05) is 31.2 Å². The number of carbonyl (C=O) groups excluding carboxylic acids is 1. The zero-order valence-corrected chi connectivity index (χ0v) is 15.9. The van der Waals surface area contributed by atoms with Crippen LogP contribution in [0.1, 0.15) is 21.7 Å². The minimum absolute atomic E-state index is 0.261. The number of benzene rings is 2. The Morgan fingerprint density at radius 1 is 1.19 bits per heavy atom. The predicted molar refractivity (Wildman–Crippen MR) is 106 cm³/mol. The number of ether oxygens (including phenoxy) is 1.